The molecule has 0 aromatic heterocycles. The maximum Gasteiger partial charge on any atom is 0.166 e. The highest BCUT2D eigenvalue weighted by Crippen LogP contribution is 2.11. The summed E-state index contributed by atoms with van der Waals surface area (Å²) < 4.78 is 0. The summed E-state index contributed by atoms with van der Waals surface area (Å²) in [6.45, 7) is 0.368. The molecule has 5 heteroatoms. The van der Waals surface area contributed by atoms with Gasteiger partial charge in [-0.1, -0.05) is 12.1 Å². The molecule has 1 aromatic carbocycles. The zero-order valence-corrected chi connectivity index (χ0v) is 9.24. The Kier molecular flexibility index (Phi) is 8.54. The number of nitrogens with two attached hydrogens (primary N) is 2. The zero-order chi connectivity index (χ0) is 8.97. The summed E-state index contributed by atoms with van der Waals surface area (Å²) >= 11 is 0. The zero-order valence-electron chi connectivity index (χ0n) is 7.60. The fraction of sp³-hybridized carbons (Fsp3) is 0.222. The minimum absolute atomic E-state index is 0. The van der Waals surface area contributed by atoms with Crippen LogP contribution in [-0.4, -0.2) is 12.3 Å². The normalized spacial score (nSPS) is 8.36. The number of benzene rings is 1. The van der Waals surface area contributed by atoms with Gasteiger partial charge in [-0.15, -0.1) is 24.8 Å². The number of ketones is 1. The quantitative estimate of drug-likeness (QED) is 0.620. The molecule has 1 aromatic rings. The maximum atomic E-state index is 11.3. The number of carbonyl (C=O) groups excluding carboxylic acids is 1. The number of anilines is 1. The highest BCUT2D eigenvalue weighted by molar-refractivity contribution is 6.00. The van der Waals surface area contributed by atoms with Crippen LogP contribution in [0.25, 0.3) is 0 Å². The summed E-state index contributed by atoms with van der Waals surface area (Å²) in [5.41, 5.74) is 11.9. The molecule has 0 fully saturated rings. The van der Waals surface area contributed by atoms with Gasteiger partial charge in [0.25, 0.3) is 0 Å². The summed E-state index contributed by atoms with van der Waals surface area (Å²) in [5, 5.41) is 0. The molecule has 0 amide bonds. The molecule has 1 rings (SSSR count). The molecule has 0 atom stereocenters. The van der Waals surface area contributed by atoms with Gasteiger partial charge < -0.3 is 11.5 Å². The van der Waals surface area contributed by atoms with Crippen molar-refractivity contribution >= 4 is 36.3 Å². The Morgan fingerprint density at radius 2 is 1.79 bits per heavy atom. The maximum absolute atomic E-state index is 11.3. The lowest BCUT2D eigenvalue weighted by Crippen LogP contribution is -2.09. The van der Waals surface area contributed by atoms with E-state index in [4.69, 9.17) is 11.5 Å². The van der Waals surface area contributed by atoms with E-state index in [1.165, 1.54) is 0 Å². The van der Waals surface area contributed by atoms with Gasteiger partial charge in [-0.3, -0.25) is 4.79 Å². The molecule has 0 saturated heterocycles. The summed E-state index contributed by atoms with van der Waals surface area (Å²) in [6, 6.07) is 7.02. The van der Waals surface area contributed by atoms with Gasteiger partial charge in [0.1, 0.15) is 0 Å². The van der Waals surface area contributed by atoms with Crippen molar-refractivity contribution in [1.29, 1.82) is 0 Å². The first-order valence-electron chi connectivity index (χ1n) is 3.83. The largest absolute Gasteiger partial charge is 0.398 e. The van der Waals surface area contributed by atoms with E-state index in [1.54, 1.807) is 24.3 Å². The number of rotatable bonds is 3. The Morgan fingerprint density at radius 1 is 1.21 bits per heavy atom. The van der Waals surface area contributed by atoms with Crippen molar-refractivity contribution < 1.29 is 4.79 Å². The standard InChI is InChI=1S/C9H12N2O.2ClH/c10-6-5-9(12)7-3-1-2-4-8(7)11;;/h1-4H,5-6,10-11H2;2*1H. The van der Waals surface area contributed by atoms with Crippen LogP contribution >= 0.6 is 24.8 Å². The second-order valence-electron chi connectivity index (χ2n) is 2.55. The van der Waals surface area contributed by atoms with Crippen molar-refractivity contribution in [3.05, 3.63) is 29.8 Å². The Balaban J connectivity index is 0. The van der Waals surface area contributed by atoms with Crippen molar-refractivity contribution in [1.82, 2.24) is 0 Å². The van der Waals surface area contributed by atoms with E-state index in [1.807, 2.05) is 0 Å². The summed E-state index contributed by atoms with van der Waals surface area (Å²) in [4.78, 5) is 11.3. The van der Waals surface area contributed by atoms with Gasteiger partial charge in [0, 0.05) is 17.7 Å². The Hall–Kier alpha value is -0.770. The van der Waals surface area contributed by atoms with Crippen LogP contribution in [0, 0.1) is 0 Å². The van der Waals surface area contributed by atoms with Gasteiger partial charge in [-0.2, -0.15) is 0 Å². The fourth-order valence-electron chi connectivity index (χ4n) is 1.02. The average molecular weight is 237 g/mol. The molecule has 0 spiro atoms. The molecule has 0 unspecified atom stereocenters. The van der Waals surface area contributed by atoms with Crippen LogP contribution in [0.15, 0.2) is 24.3 Å². The molecule has 0 radical (unpaired) electrons. The molecule has 0 aliphatic heterocycles. The van der Waals surface area contributed by atoms with Crippen LogP contribution < -0.4 is 11.5 Å². The predicted molar refractivity (Wildman–Crippen MR) is 63.4 cm³/mol. The van der Waals surface area contributed by atoms with Crippen molar-refractivity contribution in [3.63, 3.8) is 0 Å². The van der Waals surface area contributed by atoms with Crippen LogP contribution in [0.3, 0.4) is 0 Å². The molecule has 0 aliphatic rings. The van der Waals surface area contributed by atoms with Crippen LogP contribution in [0.4, 0.5) is 5.69 Å². The molecule has 80 valence electrons. The number of halogens is 2. The minimum atomic E-state index is 0. The van der Waals surface area contributed by atoms with E-state index in [-0.39, 0.29) is 30.6 Å². The summed E-state index contributed by atoms with van der Waals surface area (Å²) in [7, 11) is 0. The summed E-state index contributed by atoms with van der Waals surface area (Å²) in [5.74, 6) is 0.00981. The number of carbonyl (C=O) groups is 1. The van der Waals surface area contributed by atoms with E-state index in [0.29, 0.717) is 24.2 Å². The Bertz CT molecular complexity index is 292. The van der Waals surface area contributed by atoms with Crippen LogP contribution in [0.1, 0.15) is 16.8 Å². The van der Waals surface area contributed by atoms with E-state index in [0.717, 1.165) is 0 Å². The monoisotopic (exact) mass is 236 g/mol. The lowest BCUT2D eigenvalue weighted by Gasteiger charge is -2.01. The highest BCUT2D eigenvalue weighted by atomic mass is 35.5. The van der Waals surface area contributed by atoms with Gasteiger partial charge in [0.2, 0.25) is 0 Å². The van der Waals surface area contributed by atoms with Gasteiger partial charge >= 0.3 is 0 Å². The highest BCUT2D eigenvalue weighted by Gasteiger charge is 2.06. The van der Waals surface area contributed by atoms with Crippen LogP contribution in [0.5, 0.6) is 0 Å². The number of hydrogen-bond acceptors (Lipinski definition) is 3. The third kappa shape index (κ3) is 3.96. The van der Waals surface area contributed by atoms with E-state index < -0.39 is 0 Å². The first kappa shape index (κ1) is 15.7. The number of Topliss-reactive ketones (excluding diaryl/α,β-unsaturated/α-hetero) is 1. The molecule has 4 N–H and O–H groups in total. The predicted octanol–water partition coefficient (Wildman–Crippen LogP) is 1.64. The Morgan fingerprint density at radius 3 is 2.29 bits per heavy atom. The van der Waals surface area contributed by atoms with Gasteiger partial charge in [0.05, 0.1) is 0 Å². The van der Waals surface area contributed by atoms with Crippen LogP contribution in [0.2, 0.25) is 0 Å². The fourth-order valence-corrected chi connectivity index (χ4v) is 1.02. The number of nitrogen functional groups attached to an aromatic ring is 1. The number of para-hydroxylation sites is 1. The molecular weight excluding hydrogens is 223 g/mol. The van der Waals surface area contributed by atoms with Crippen LogP contribution in [-0.2, 0) is 0 Å². The summed E-state index contributed by atoms with van der Waals surface area (Å²) in [6.07, 6.45) is 0.355. The van der Waals surface area contributed by atoms with Gasteiger partial charge in [-0.05, 0) is 18.7 Å². The topological polar surface area (TPSA) is 69.1 Å². The molecule has 14 heavy (non-hydrogen) atoms. The van der Waals surface area contributed by atoms with E-state index in [9.17, 15) is 4.79 Å². The molecule has 3 nitrogen and oxygen atoms in total. The average Bonchev–Trinajstić information content (AvgIpc) is 2.05. The van der Waals surface area contributed by atoms with Crippen molar-refractivity contribution in [2.75, 3.05) is 12.3 Å². The van der Waals surface area contributed by atoms with Gasteiger partial charge in [0.15, 0.2) is 5.78 Å². The lowest BCUT2D eigenvalue weighted by atomic mass is 10.1. The third-order valence-electron chi connectivity index (χ3n) is 1.63. The molecule has 0 saturated carbocycles. The minimum Gasteiger partial charge on any atom is -0.398 e. The van der Waals surface area contributed by atoms with Crippen molar-refractivity contribution in [2.45, 2.75) is 6.42 Å². The van der Waals surface area contributed by atoms with Gasteiger partial charge in [-0.25, -0.2) is 0 Å². The van der Waals surface area contributed by atoms with Crippen molar-refractivity contribution in [3.8, 4) is 0 Å². The van der Waals surface area contributed by atoms with E-state index >= 15 is 0 Å². The molecular formula is C9H14Cl2N2O. The number of hydrogen-bond donors (Lipinski definition) is 2. The molecule has 0 bridgehead atoms. The molecule has 0 heterocycles. The lowest BCUT2D eigenvalue weighted by molar-refractivity contribution is 0.0986. The molecule has 0 aliphatic carbocycles. The SMILES string of the molecule is Cl.Cl.NCCC(=O)c1ccccc1N. The van der Waals surface area contributed by atoms with E-state index in [2.05, 4.69) is 0 Å². The smallest absolute Gasteiger partial charge is 0.166 e. The first-order chi connectivity index (χ1) is 5.75. The second kappa shape index (κ2) is 7.62. The van der Waals surface area contributed by atoms with Crippen molar-refractivity contribution in [2.24, 2.45) is 5.73 Å². The third-order valence-corrected chi connectivity index (χ3v) is 1.63. The second-order valence-corrected chi connectivity index (χ2v) is 2.55. The Labute approximate surface area is 95.7 Å². The first-order valence-corrected chi connectivity index (χ1v) is 3.83.